The highest BCUT2D eigenvalue weighted by molar-refractivity contribution is 9.10. The van der Waals surface area contributed by atoms with Gasteiger partial charge in [-0.15, -0.1) is 0 Å². The first-order valence-electron chi connectivity index (χ1n) is 6.95. The van der Waals surface area contributed by atoms with E-state index in [1.165, 1.54) is 11.1 Å². The van der Waals surface area contributed by atoms with Gasteiger partial charge in [0.2, 0.25) is 0 Å². The fourth-order valence-corrected chi connectivity index (χ4v) is 2.57. The second-order valence-electron chi connectivity index (χ2n) is 4.78. The average Bonchev–Trinajstić information content (AvgIpc) is 2.48. The van der Waals surface area contributed by atoms with E-state index in [-0.39, 0.29) is 0 Å². The SMILES string of the molecule is NCCCCc1ccc(OCc2ccccc2)c(Br)c1. The molecule has 0 unspecified atom stereocenters. The summed E-state index contributed by atoms with van der Waals surface area (Å²) in [6.07, 6.45) is 3.27. The zero-order valence-electron chi connectivity index (χ0n) is 11.5. The number of hydrogen-bond acceptors (Lipinski definition) is 2. The maximum absolute atomic E-state index is 5.84. The van der Waals surface area contributed by atoms with Crippen molar-refractivity contribution in [2.45, 2.75) is 25.9 Å². The van der Waals surface area contributed by atoms with Crippen LogP contribution in [0.4, 0.5) is 0 Å². The molecule has 0 heterocycles. The van der Waals surface area contributed by atoms with Crippen LogP contribution >= 0.6 is 15.9 Å². The average molecular weight is 334 g/mol. The zero-order valence-corrected chi connectivity index (χ0v) is 13.1. The van der Waals surface area contributed by atoms with Crippen LogP contribution in [-0.4, -0.2) is 6.54 Å². The molecule has 20 heavy (non-hydrogen) atoms. The Kier molecular flexibility index (Phi) is 6.09. The van der Waals surface area contributed by atoms with E-state index in [4.69, 9.17) is 10.5 Å². The van der Waals surface area contributed by atoms with Crippen LogP contribution in [-0.2, 0) is 13.0 Å². The lowest BCUT2D eigenvalue weighted by atomic mass is 10.1. The molecule has 2 N–H and O–H groups in total. The van der Waals surface area contributed by atoms with Gasteiger partial charge in [0, 0.05) is 0 Å². The minimum atomic E-state index is 0.589. The second-order valence-corrected chi connectivity index (χ2v) is 5.64. The van der Waals surface area contributed by atoms with Gasteiger partial charge in [-0.25, -0.2) is 0 Å². The first-order chi connectivity index (χ1) is 9.79. The number of halogens is 1. The minimum Gasteiger partial charge on any atom is -0.488 e. The molecule has 2 nitrogen and oxygen atoms in total. The van der Waals surface area contributed by atoms with E-state index >= 15 is 0 Å². The highest BCUT2D eigenvalue weighted by atomic mass is 79.9. The van der Waals surface area contributed by atoms with Crippen LogP contribution in [0.1, 0.15) is 24.0 Å². The van der Waals surface area contributed by atoms with Crippen LogP contribution in [0, 0.1) is 0 Å². The van der Waals surface area contributed by atoms with Gasteiger partial charge in [-0.1, -0.05) is 36.4 Å². The van der Waals surface area contributed by atoms with E-state index in [1.54, 1.807) is 0 Å². The van der Waals surface area contributed by atoms with Crippen molar-refractivity contribution in [2.24, 2.45) is 5.73 Å². The number of aryl methyl sites for hydroxylation is 1. The van der Waals surface area contributed by atoms with Crippen molar-refractivity contribution in [3.63, 3.8) is 0 Å². The summed E-state index contributed by atoms with van der Waals surface area (Å²) in [5, 5.41) is 0. The molecular weight excluding hydrogens is 314 g/mol. The van der Waals surface area contributed by atoms with Gasteiger partial charge >= 0.3 is 0 Å². The molecule has 2 rings (SSSR count). The summed E-state index contributed by atoms with van der Waals surface area (Å²) < 4.78 is 6.85. The minimum absolute atomic E-state index is 0.589. The summed E-state index contributed by atoms with van der Waals surface area (Å²) in [4.78, 5) is 0. The maximum Gasteiger partial charge on any atom is 0.134 e. The monoisotopic (exact) mass is 333 g/mol. The molecule has 2 aromatic carbocycles. The maximum atomic E-state index is 5.84. The lowest BCUT2D eigenvalue weighted by molar-refractivity contribution is 0.304. The standard InChI is InChI=1S/C17H20BrNO/c18-16-12-14(6-4-5-11-19)9-10-17(16)20-13-15-7-2-1-3-8-15/h1-3,7-10,12H,4-6,11,13,19H2. The molecule has 0 aliphatic carbocycles. The summed E-state index contributed by atoms with van der Waals surface area (Å²) >= 11 is 3.58. The zero-order chi connectivity index (χ0) is 14.2. The van der Waals surface area contributed by atoms with Crippen molar-refractivity contribution in [3.8, 4) is 5.75 Å². The predicted molar refractivity (Wildman–Crippen MR) is 86.9 cm³/mol. The number of rotatable bonds is 7. The Hall–Kier alpha value is -1.32. The first kappa shape index (κ1) is 15.1. The lowest BCUT2D eigenvalue weighted by Crippen LogP contribution is -1.99. The summed E-state index contributed by atoms with van der Waals surface area (Å²) in [5.74, 6) is 0.886. The van der Waals surface area contributed by atoms with Crippen molar-refractivity contribution in [2.75, 3.05) is 6.54 Å². The Morgan fingerprint density at radius 1 is 0.950 bits per heavy atom. The normalized spacial score (nSPS) is 10.5. The molecule has 106 valence electrons. The summed E-state index contributed by atoms with van der Waals surface area (Å²) in [6.45, 7) is 1.35. The van der Waals surface area contributed by atoms with E-state index in [9.17, 15) is 0 Å². The topological polar surface area (TPSA) is 35.2 Å². The van der Waals surface area contributed by atoms with E-state index in [0.29, 0.717) is 6.61 Å². The smallest absolute Gasteiger partial charge is 0.134 e. The van der Waals surface area contributed by atoms with E-state index in [0.717, 1.165) is 36.0 Å². The molecule has 3 heteroatoms. The van der Waals surface area contributed by atoms with Crippen molar-refractivity contribution in [1.29, 1.82) is 0 Å². The van der Waals surface area contributed by atoms with Crippen molar-refractivity contribution in [1.82, 2.24) is 0 Å². The van der Waals surface area contributed by atoms with Gasteiger partial charge in [-0.2, -0.15) is 0 Å². The van der Waals surface area contributed by atoms with E-state index in [2.05, 4.69) is 40.2 Å². The number of ether oxygens (including phenoxy) is 1. The molecule has 0 spiro atoms. The fourth-order valence-electron chi connectivity index (χ4n) is 2.03. The van der Waals surface area contributed by atoms with Crippen LogP contribution in [0.3, 0.4) is 0 Å². The van der Waals surface area contributed by atoms with Crippen LogP contribution < -0.4 is 10.5 Å². The highest BCUT2D eigenvalue weighted by Crippen LogP contribution is 2.27. The number of unbranched alkanes of at least 4 members (excludes halogenated alkanes) is 1. The third kappa shape index (κ3) is 4.66. The van der Waals surface area contributed by atoms with E-state index < -0.39 is 0 Å². The number of nitrogens with two attached hydrogens (primary N) is 1. The summed E-state index contributed by atoms with van der Waals surface area (Å²) in [7, 11) is 0. The molecule has 2 aromatic rings. The molecule has 0 atom stereocenters. The van der Waals surface area contributed by atoms with Gasteiger partial charge in [-0.3, -0.25) is 0 Å². The fraction of sp³-hybridized carbons (Fsp3) is 0.294. The lowest BCUT2D eigenvalue weighted by Gasteiger charge is -2.10. The Morgan fingerprint density at radius 3 is 2.45 bits per heavy atom. The third-order valence-electron chi connectivity index (χ3n) is 3.15. The summed E-state index contributed by atoms with van der Waals surface area (Å²) in [6, 6.07) is 16.5. The van der Waals surface area contributed by atoms with Gasteiger partial charge < -0.3 is 10.5 Å². The Bertz CT molecular complexity index is 528. The van der Waals surface area contributed by atoms with Crippen LogP contribution in [0.15, 0.2) is 53.0 Å². The van der Waals surface area contributed by atoms with Gasteiger partial charge in [-0.05, 0) is 65.0 Å². The summed E-state index contributed by atoms with van der Waals surface area (Å²) in [5.41, 5.74) is 8.00. The highest BCUT2D eigenvalue weighted by Gasteiger charge is 2.03. The van der Waals surface area contributed by atoms with Gasteiger partial charge in [0.25, 0.3) is 0 Å². The molecule has 0 saturated carbocycles. The number of hydrogen-bond donors (Lipinski definition) is 1. The predicted octanol–water partition coefficient (Wildman–Crippen LogP) is 4.31. The second kappa shape index (κ2) is 8.08. The van der Waals surface area contributed by atoms with Crippen LogP contribution in [0.5, 0.6) is 5.75 Å². The Morgan fingerprint density at radius 2 is 1.75 bits per heavy atom. The first-order valence-corrected chi connectivity index (χ1v) is 7.74. The Balaban J connectivity index is 1.92. The quantitative estimate of drug-likeness (QED) is 0.766. The Labute approximate surface area is 129 Å². The number of benzene rings is 2. The molecule has 0 aliphatic heterocycles. The molecule has 0 aliphatic rings. The third-order valence-corrected chi connectivity index (χ3v) is 3.77. The molecule has 0 aromatic heterocycles. The van der Waals surface area contributed by atoms with Crippen molar-refractivity contribution < 1.29 is 4.74 Å². The van der Waals surface area contributed by atoms with Gasteiger partial charge in [0.1, 0.15) is 12.4 Å². The van der Waals surface area contributed by atoms with Crippen LogP contribution in [0.2, 0.25) is 0 Å². The molecule has 0 radical (unpaired) electrons. The van der Waals surface area contributed by atoms with Crippen molar-refractivity contribution in [3.05, 3.63) is 64.1 Å². The largest absolute Gasteiger partial charge is 0.488 e. The molecular formula is C17H20BrNO. The molecule has 0 saturated heterocycles. The molecule has 0 amide bonds. The van der Waals surface area contributed by atoms with E-state index in [1.807, 2.05) is 24.3 Å². The van der Waals surface area contributed by atoms with Crippen LogP contribution in [0.25, 0.3) is 0 Å². The van der Waals surface area contributed by atoms with Crippen molar-refractivity contribution >= 4 is 15.9 Å². The van der Waals surface area contributed by atoms with Gasteiger partial charge in [0.05, 0.1) is 4.47 Å². The van der Waals surface area contributed by atoms with Gasteiger partial charge in [0.15, 0.2) is 0 Å². The molecule has 0 bridgehead atoms. The molecule has 0 fully saturated rings.